The van der Waals surface area contributed by atoms with Gasteiger partial charge < -0.3 is 10.1 Å². The van der Waals surface area contributed by atoms with Crippen LogP contribution in [0.25, 0.3) is 0 Å². The lowest BCUT2D eigenvalue weighted by Crippen LogP contribution is -2.18. The summed E-state index contributed by atoms with van der Waals surface area (Å²) in [6, 6.07) is 16.9. The Morgan fingerprint density at radius 2 is 1.63 bits per heavy atom. The number of nitrogens with one attached hydrogen (secondary N) is 1. The van der Waals surface area contributed by atoms with Crippen molar-refractivity contribution in [2.75, 3.05) is 5.32 Å². The molecule has 1 amide bonds. The second-order valence-electron chi connectivity index (χ2n) is 4.56. The van der Waals surface area contributed by atoms with Gasteiger partial charge in [0.1, 0.15) is 5.75 Å². The van der Waals surface area contributed by atoms with Crippen molar-refractivity contribution in [1.82, 2.24) is 0 Å². The summed E-state index contributed by atoms with van der Waals surface area (Å²) in [6.07, 6.45) is 0. The molecule has 0 aliphatic carbocycles. The zero-order valence-corrected chi connectivity index (χ0v) is 11.1. The van der Waals surface area contributed by atoms with E-state index in [-0.39, 0.29) is 11.8 Å². The number of hydrogen-bond acceptors (Lipinski definition) is 2. The maximum atomic E-state index is 11.8. The summed E-state index contributed by atoms with van der Waals surface area (Å²) in [7, 11) is 0. The lowest BCUT2D eigenvalue weighted by Gasteiger charge is -2.13. The van der Waals surface area contributed by atoms with E-state index in [1.165, 1.54) is 0 Å². The third-order valence-corrected chi connectivity index (χ3v) is 2.64. The number of rotatable bonds is 4. The van der Waals surface area contributed by atoms with Crippen LogP contribution in [0.4, 0.5) is 5.69 Å². The number of para-hydroxylation sites is 3. The largest absolute Gasteiger partial charge is 0.455 e. The zero-order valence-electron chi connectivity index (χ0n) is 11.1. The first-order valence-electron chi connectivity index (χ1n) is 6.29. The lowest BCUT2D eigenvalue weighted by molar-refractivity contribution is -0.118. The van der Waals surface area contributed by atoms with Gasteiger partial charge in [0.2, 0.25) is 5.91 Å². The van der Waals surface area contributed by atoms with Crippen LogP contribution in [0.1, 0.15) is 13.8 Å². The second kappa shape index (κ2) is 6.05. The molecule has 0 radical (unpaired) electrons. The molecule has 0 fully saturated rings. The number of hydrogen-bond donors (Lipinski definition) is 1. The summed E-state index contributed by atoms with van der Waals surface area (Å²) in [5.74, 6) is 1.30. The van der Waals surface area contributed by atoms with Crippen LogP contribution >= 0.6 is 0 Å². The fourth-order valence-electron chi connectivity index (χ4n) is 1.55. The summed E-state index contributed by atoms with van der Waals surface area (Å²) in [4.78, 5) is 11.8. The molecule has 3 heteroatoms. The van der Waals surface area contributed by atoms with Crippen molar-refractivity contribution >= 4 is 11.6 Å². The van der Waals surface area contributed by atoms with E-state index in [1.54, 1.807) is 0 Å². The van der Waals surface area contributed by atoms with Gasteiger partial charge in [-0.15, -0.1) is 0 Å². The highest BCUT2D eigenvalue weighted by molar-refractivity contribution is 5.93. The van der Waals surface area contributed by atoms with Gasteiger partial charge in [0.25, 0.3) is 0 Å². The standard InChI is InChI=1S/C16H17NO2/c1-12(2)16(18)17-14-10-6-7-11-15(14)19-13-8-4-3-5-9-13/h3-12H,1-2H3,(H,17,18). The fourth-order valence-corrected chi connectivity index (χ4v) is 1.55. The Balaban J connectivity index is 2.19. The van der Waals surface area contributed by atoms with Crippen molar-refractivity contribution in [2.45, 2.75) is 13.8 Å². The van der Waals surface area contributed by atoms with Crippen molar-refractivity contribution in [3.63, 3.8) is 0 Å². The number of amides is 1. The van der Waals surface area contributed by atoms with Crippen LogP contribution in [-0.4, -0.2) is 5.91 Å². The summed E-state index contributed by atoms with van der Waals surface area (Å²) in [5.41, 5.74) is 0.685. The van der Waals surface area contributed by atoms with Gasteiger partial charge >= 0.3 is 0 Å². The quantitative estimate of drug-likeness (QED) is 0.894. The maximum Gasteiger partial charge on any atom is 0.227 e. The van der Waals surface area contributed by atoms with Crippen LogP contribution in [0.15, 0.2) is 54.6 Å². The molecule has 2 rings (SSSR count). The number of anilines is 1. The highest BCUT2D eigenvalue weighted by atomic mass is 16.5. The monoisotopic (exact) mass is 255 g/mol. The molecule has 0 spiro atoms. The van der Waals surface area contributed by atoms with Crippen molar-refractivity contribution in [3.05, 3.63) is 54.6 Å². The number of ether oxygens (including phenoxy) is 1. The predicted molar refractivity (Wildman–Crippen MR) is 76.4 cm³/mol. The molecular formula is C16H17NO2. The highest BCUT2D eigenvalue weighted by Crippen LogP contribution is 2.29. The molecule has 2 aromatic carbocycles. The van der Waals surface area contributed by atoms with Gasteiger partial charge in [-0.2, -0.15) is 0 Å². The van der Waals surface area contributed by atoms with Crippen LogP contribution in [0.2, 0.25) is 0 Å². The first-order chi connectivity index (χ1) is 9.16. The number of carbonyl (C=O) groups excluding carboxylic acids is 1. The topological polar surface area (TPSA) is 38.3 Å². The first-order valence-corrected chi connectivity index (χ1v) is 6.29. The van der Waals surface area contributed by atoms with Crippen LogP contribution in [-0.2, 0) is 4.79 Å². The van der Waals surface area contributed by atoms with Gasteiger partial charge in [0.05, 0.1) is 5.69 Å². The molecular weight excluding hydrogens is 238 g/mol. The molecule has 0 bridgehead atoms. The second-order valence-corrected chi connectivity index (χ2v) is 4.56. The molecule has 0 aliphatic rings. The summed E-state index contributed by atoms with van der Waals surface area (Å²) in [6.45, 7) is 3.71. The normalized spacial score (nSPS) is 10.3. The van der Waals surface area contributed by atoms with Gasteiger partial charge in [-0.05, 0) is 24.3 Å². The Morgan fingerprint density at radius 1 is 1.00 bits per heavy atom. The Kier molecular flexibility index (Phi) is 4.18. The van der Waals surface area contributed by atoms with E-state index in [0.29, 0.717) is 11.4 Å². The Labute approximate surface area is 113 Å². The summed E-state index contributed by atoms with van der Waals surface area (Å²) in [5, 5.41) is 2.87. The van der Waals surface area contributed by atoms with Crippen molar-refractivity contribution in [3.8, 4) is 11.5 Å². The minimum atomic E-state index is -0.0650. The fraction of sp³-hybridized carbons (Fsp3) is 0.188. The van der Waals surface area contributed by atoms with Gasteiger partial charge in [-0.25, -0.2) is 0 Å². The first kappa shape index (κ1) is 13.1. The molecule has 1 N–H and O–H groups in total. The summed E-state index contributed by atoms with van der Waals surface area (Å²) >= 11 is 0. The number of carbonyl (C=O) groups is 1. The van der Waals surface area contributed by atoms with Crippen LogP contribution in [0.3, 0.4) is 0 Å². The molecule has 19 heavy (non-hydrogen) atoms. The highest BCUT2D eigenvalue weighted by Gasteiger charge is 2.10. The molecule has 0 aliphatic heterocycles. The smallest absolute Gasteiger partial charge is 0.227 e. The molecule has 2 aromatic rings. The average molecular weight is 255 g/mol. The Bertz CT molecular complexity index is 550. The molecule has 0 aromatic heterocycles. The minimum absolute atomic E-state index is 0.0240. The maximum absolute atomic E-state index is 11.8. The van der Waals surface area contributed by atoms with Gasteiger partial charge in [0, 0.05) is 5.92 Å². The third-order valence-electron chi connectivity index (χ3n) is 2.64. The SMILES string of the molecule is CC(C)C(=O)Nc1ccccc1Oc1ccccc1. The van der Waals surface area contributed by atoms with E-state index in [9.17, 15) is 4.79 Å². The van der Waals surface area contributed by atoms with E-state index < -0.39 is 0 Å². The van der Waals surface area contributed by atoms with Gasteiger partial charge in [0.15, 0.2) is 5.75 Å². The lowest BCUT2D eigenvalue weighted by atomic mass is 10.2. The molecule has 3 nitrogen and oxygen atoms in total. The molecule has 0 saturated heterocycles. The van der Waals surface area contributed by atoms with Gasteiger partial charge in [-0.3, -0.25) is 4.79 Å². The van der Waals surface area contributed by atoms with E-state index >= 15 is 0 Å². The molecule has 0 saturated carbocycles. The third kappa shape index (κ3) is 3.58. The Hall–Kier alpha value is -2.29. The van der Waals surface area contributed by atoms with Crippen molar-refractivity contribution < 1.29 is 9.53 Å². The van der Waals surface area contributed by atoms with Crippen molar-refractivity contribution in [2.24, 2.45) is 5.92 Å². The molecule has 0 atom stereocenters. The van der Waals surface area contributed by atoms with Gasteiger partial charge in [-0.1, -0.05) is 44.2 Å². The molecule has 0 unspecified atom stereocenters. The summed E-state index contributed by atoms with van der Waals surface area (Å²) < 4.78 is 5.78. The van der Waals surface area contributed by atoms with E-state index in [2.05, 4.69) is 5.32 Å². The van der Waals surface area contributed by atoms with Crippen LogP contribution in [0.5, 0.6) is 11.5 Å². The molecule has 98 valence electrons. The minimum Gasteiger partial charge on any atom is -0.455 e. The molecule has 0 heterocycles. The van der Waals surface area contributed by atoms with Crippen LogP contribution in [0, 0.1) is 5.92 Å². The van der Waals surface area contributed by atoms with Crippen LogP contribution < -0.4 is 10.1 Å². The number of benzene rings is 2. The predicted octanol–water partition coefficient (Wildman–Crippen LogP) is 4.07. The average Bonchev–Trinajstić information content (AvgIpc) is 2.42. The Morgan fingerprint density at radius 3 is 2.32 bits per heavy atom. The zero-order chi connectivity index (χ0) is 13.7. The van der Waals surface area contributed by atoms with E-state index in [4.69, 9.17) is 4.74 Å². The van der Waals surface area contributed by atoms with E-state index in [1.807, 2.05) is 68.4 Å². The van der Waals surface area contributed by atoms with E-state index in [0.717, 1.165) is 5.75 Å². The van der Waals surface area contributed by atoms with Crippen molar-refractivity contribution in [1.29, 1.82) is 0 Å².